The molecule has 0 bridgehead atoms. The molecule has 2 rings (SSSR count). The standard InChI is InChI=1S/C13H16BrN3/c1-2-13-16-5-6-17(13)9-11-4-3-10(8-15)7-12(11)14/h3-7H,2,8-9,15H2,1H3. The smallest absolute Gasteiger partial charge is 0.108 e. The molecule has 0 amide bonds. The van der Waals surface area contributed by atoms with E-state index in [-0.39, 0.29) is 0 Å². The lowest BCUT2D eigenvalue weighted by Gasteiger charge is -2.09. The fraction of sp³-hybridized carbons (Fsp3) is 0.308. The van der Waals surface area contributed by atoms with Crippen molar-refractivity contribution in [3.05, 3.63) is 52.0 Å². The van der Waals surface area contributed by atoms with Crippen LogP contribution in [0.1, 0.15) is 23.9 Å². The summed E-state index contributed by atoms with van der Waals surface area (Å²) in [5.74, 6) is 1.11. The average molecular weight is 294 g/mol. The van der Waals surface area contributed by atoms with Crippen LogP contribution in [0.5, 0.6) is 0 Å². The van der Waals surface area contributed by atoms with E-state index in [1.165, 1.54) is 5.56 Å². The van der Waals surface area contributed by atoms with Crippen LogP contribution in [0, 0.1) is 0 Å². The molecule has 2 N–H and O–H groups in total. The van der Waals surface area contributed by atoms with Gasteiger partial charge in [-0.25, -0.2) is 4.98 Å². The van der Waals surface area contributed by atoms with Crippen molar-refractivity contribution in [3.63, 3.8) is 0 Å². The summed E-state index contributed by atoms with van der Waals surface area (Å²) in [7, 11) is 0. The van der Waals surface area contributed by atoms with Gasteiger partial charge in [-0.05, 0) is 17.2 Å². The van der Waals surface area contributed by atoms with E-state index in [1.807, 2.05) is 12.4 Å². The summed E-state index contributed by atoms with van der Waals surface area (Å²) in [5.41, 5.74) is 8.00. The van der Waals surface area contributed by atoms with Gasteiger partial charge in [-0.2, -0.15) is 0 Å². The minimum Gasteiger partial charge on any atom is -0.330 e. The van der Waals surface area contributed by atoms with E-state index in [9.17, 15) is 0 Å². The van der Waals surface area contributed by atoms with E-state index in [1.54, 1.807) is 0 Å². The molecule has 0 aliphatic rings. The quantitative estimate of drug-likeness (QED) is 0.942. The Morgan fingerprint density at radius 3 is 2.88 bits per heavy atom. The van der Waals surface area contributed by atoms with Crippen molar-refractivity contribution in [3.8, 4) is 0 Å². The van der Waals surface area contributed by atoms with Gasteiger partial charge < -0.3 is 10.3 Å². The van der Waals surface area contributed by atoms with Crippen LogP contribution < -0.4 is 5.73 Å². The molecule has 17 heavy (non-hydrogen) atoms. The van der Waals surface area contributed by atoms with Gasteiger partial charge in [-0.1, -0.05) is 35.0 Å². The number of benzene rings is 1. The van der Waals surface area contributed by atoms with Crippen LogP contribution in [0.2, 0.25) is 0 Å². The number of hydrogen-bond donors (Lipinski definition) is 1. The third-order valence-electron chi connectivity index (χ3n) is 2.81. The molecule has 0 unspecified atom stereocenters. The second-order valence-electron chi connectivity index (χ2n) is 3.95. The number of nitrogens with zero attached hydrogens (tertiary/aromatic N) is 2. The topological polar surface area (TPSA) is 43.8 Å². The Labute approximate surface area is 110 Å². The first-order chi connectivity index (χ1) is 8.24. The monoisotopic (exact) mass is 293 g/mol. The van der Waals surface area contributed by atoms with E-state index in [0.717, 1.165) is 28.8 Å². The lowest BCUT2D eigenvalue weighted by molar-refractivity contribution is 0.729. The van der Waals surface area contributed by atoms with Gasteiger partial charge in [0.25, 0.3) is 0 Å². The molecule has 1 aromatic carbocycles. The minimum atomic E-state index is 0.574. The molecule has 0 spiro atoms. The van der Waals surface area contributed by atoms with Crippen LogP contribution in [0.25, 0.3) is 0 Å². The molecular formula is C13H16BrN3. The zero-order valence-corrected chi connectivity index (χ0v) is 11.4. The Morgan fingerprint density at radius 1 is 1.41 bits per heavy atom. The van der Waals surface area contributed by atoms with Gasteiger partial charge in [0.15, 0.2) is 0 Å². The third kappa shape index (κ3) is 2.76. The molecule has 0 aliphatic heterocycles. The normalized spacial score (nSPS) is 10.8. The third-order valence-corrected chi connectivity index (χ3v) is 3.55. The zero-order chi connectivity index (χ0) is 12.3. The molecule has 0 atom stereocenters. The first-order valence-electron chi connectivity index (χ1n) is 5.72. The van der Waals surface area contributed by atoms with Crippen LogP contribution >= 0.6 is 15.9 Å². The van der Waals surface area contributed by atoms with E-state index < -0.39 is 0 Å². The van der Waals surface area contributed by atoms with Crippen LogP contribution in [0.4, 0.5) is 0 Å². The highest BCUT2D eigenvalue weighted by Gasteiger charge is 2.05. The molecule has 2 aromatic rings. The van der Waals surface area contributed by atoms with Crippen LogP contribution in [0.3, 0.4) is 0 Å². The highest BCUT2D eigenvalue weighted by molar-refractivity contribution is 9.10. The number of rotatable bonds is 4. The minimum absolute atomic E-state index is 0.574. The molecule has 0 saturated carbocycles. The van der Waals surface area contributed by atoms with Gasteiger partial charge in [0, 0.05) is 36.4 Å². The molecule has 3 nitrogen and oxygen atoms in total. The number of imidazole rings is 1. The Kier molecular flexibility index (Phi) is 3.97. The van der Waals surface area contributed by atoms with E-state index in [0.29, 0.717) is 6.54 Å². The molecule has 0 saturated heterocycles. The van der Waals surface area contributed by atoms with E-state index >= 15 is 0 Å². The maximum Gasteiger partial charge on any atom is 0.108 e. The lowest BCUT2D eigenvalue weighted by Crippen LogP contribution is -2.05. The van der Waals surface area contributed by atoms with Crippen LogP contribution in [-0.2, 0) is 19.5 Å². The van der Waals surface area contributed by atoms with Gasteiger partial charge in [-0.15, -0.1) is 0 Å². The molecule has 90 valence electrons. The van der Waals surface area contributed by atoms with Gasteiger partial charge in [0.05, 0.1) is 0 Å². The number of hydrogen-bond acceptors (Lipinski definition) is 2. The van der Waals surface area contributed by atoms with Gasteiger partial charge in [0.2, 0.25) is 0 Å². The van der Waals surface area contributed by atoms with Crippen molar-refractivity contribution < 1.29 is 0 Å². The van der Waals surface area contributed by atoms with E-state index in [2.05, 4.69) is 50.6 Å². The predicted molar refractivity (Wildman–Crippen MR) is 72.7 cm³/mol. The number of aryl methyl sites for hydroxylation is 1. The second-order valence-corrected chi connectivity index (χ2v) is 4.81. The molecule has 4 heteroatoms. The van der Waals surface area contributed by atoms with Gasteiger partial charge in [-0.3, -0.25) is 0 Å². The van der Waals surface area contributed by atoms with Crippen molar-refractivity contribution in [2.45, 2.75) is 26.4 Å². The Balaban J connectivity index is 2.24. The molecule has 0 radical (unpaired) electrons. The highest BCUT2D eigenvalue weighted by atomic mass is 79.9. The molecule has 0 aliphatic carbocycles. The second kappa shape index (κ2) is 5.47. The largest absolute Gasteiger partial charge is 0.330 e. The summed E-state index contributed by atoms with van der Waals surface area (Å²) in [6, 6.07) is 6.27. The summed E-state index contributed by atoms with van der Waals surface area (Å²) < 4.78 is 3.28. The van der Waals surface area contributed by atoms with Crippen LogP contribution in [-0.4, -0.2) is 9.55 Å². The number of halogens is 1. The summed E-state index contributed by atoms with van der Waals surface area (Å²) in [5, 5.41) is 0. The van der Waals surface area contributed by atoms with E-state index in [4.69, 9.17) is 5.73 Å². The first-order valence-corrected chi connectivity index (χ1v) is 6.51. The maximum absolute atomic E-state index is 5.61. The Morgan fingerprint density at radius 2 is 2.24 bits per heavy atom. The molecule has 0 fully saturated rings. The predicted octanol–water partition coefficient (Wildman–Crippen LogP) is 2.71. The first kappa shape index (κ1) is 12.3. The lowest BCUT2D eigenvalue weighted by atomic mass is 10.1. The molecular weight excluding hydrogens is 278 g/mol. The SMILES string of the molecule is CCc1nccn1Cc1ccc(CN)cc1Br. The maximum atomic E-state index is 5.61. The van der Waals surface area contributed by atoms with Gasteiger partial charge in [0.1, 0.15) is 5.82 Å². The Bertz CT molecular complexity index is 505. The molecule has 1 heterocycles. The fourth-order valence-corrected chi connectivity index (χ4v) is 2.38. The summed E-state index contributed by atoms with van der Waals surface area (Å²) in [6.07, 6.45) is 4.81. The average Bonchev–Trinajstić information content (AvgIpc) is 2.79. The van der Waals surface area contributed by atoms with Crippen molar-refractivity contribution in [2.75, 3.05) is 0 Å². The van der Waals surface area contributed by atoms with Crippen molar-refractivity contribution in [2.24, 2.45) is 5.73 Å². The Hall–Kier alpha value is -1.13. The van der Waals surface area contributed by atoms with Gasteiger partial charge >= 0.3 is 0 Å². The summed E-state index contributed by atoms with van der Waals surface area (Å²) >= 11 is 3.59. The van der Waals surface area contributed by atoms with Crippen molar-refractivity contribution in [1.29, 1.82) is 0 Å². The number of nitrogens with two attached hydrogens (primary N) is 1. The fourth-order valence-electron chi connectivity index (χ4n) is 1.83. The summed E-state index contributed by atoms with van der Waals surface area (Å²) in [6.45, 7) is 3.53. The summed E-state index contributed by atoms with van der Waals surface area (Å²) in [4.78, 5) is 4.32. The number of aromatic nitrogens is 2. The molecule has 1 aromatic heterocycles. The van der Waals surface area contributed by atoms with Crippen molar-refractivity contribution in [1.82, 2.24) is 9.55 Å². The zero-order valence-electron chi connectivity index (χ0n) is 9.86. The van der Waals surface area contributed by atoms with Crippen LogP contribution in [0.15, 0.2) is 35.1 Å². The highest BCUT2D eigenvalue weighted by Crippen LogP contribution is 2.20. The van der Waals surface area contributed by atoms with Crippen molar-refractivity contribution >= 4 is 15.9 Å².